The highest BCUT2D eigenvalue weighted by Crippen LogP contribution is 2.16. The topological polar surface area (TPSA) is 104 Å². The predicted molar refractivity (Wildman–Crippen MR) is 69.7 cm³/mol. The molecule has 110 valence electrons. The Labute approximate surface area is 112 Å². The average Bonchev–Trinajstić information content (AvgIpc) is 2.33. The van der Waals surface area contributed by atoms with Crippen LogP contribution < -0.4 is 5.32 Å². The van der Waals surface area contributed by atoms with E-state index in [2.05, 4.69) is 5.32 Å². The number of hydrogen-bond donors (Lipinski definition) is 2. The molecular weight excluding hydrogens is 272 g/mol. The predicted octanol–water partition coefficient (Wildman–Crippen LogP) is -0.0727. The highest BCUT2D eigenvalue weighted by molar-refractivity contribution is 7.90. The number of rotatable bonds is 5. The fourth-order valence-corrected chi connectivity index (χ4v) is 2.67. The number of carbonyl (C=O) groups excluding carboxylic acids is 1. The molecule has 1 aliphatic rings. The van der Waals surface area contributed by atoms with Crippen molar-refractivity contribution in [2.75, 3.05) is 31.6 Å². The minimum atomic E-state index is -3.01. The second-order valence-electron chi connectivity index (χ2n) is 4.84. The van der Waals surface area contributed by atoms with E-state index in [0.29, 0.717) is 25.8 Å². The van der Waals surface area contributed by atoms with E-state index in [1.165, 1.54) is 4.90 Å². The van der Waals surface area contributed by atoms with E-state index < -0.39 is 21.7 Å². The number of carboxylic acids is 1. The molecule has 0 aromatic rings. The van der Waals surface area contributed by atoms with Crippen molar-refractivity contribution in [3.63, 3.8) is 0 Å². The van der Waals surface area contributed by atoms with Gasteiger partial charge < -0.3 is 15.3 Å². The molecule has 1 saturated heterocycles. The van der Waals surface area contributed by atoms with E-state index in [9.17, 15) is 18.0 Å². The summed E-state index contributed by atoms with van der Waals surface area (Å²) in [5.74, 6) is -1.35. The Balaban J connectivity index is 2.31. The highest BCUT2D eigenvalue weighted by Gasteiger charge is 2.27. The molecule has 0 aromatic carbocycles. The van der Waals surface area contributed by atoms with Gasteiger partial charge >= 0.3 is 12.0 Å². The fraction of sp³-hybridized carbons (Fsp3) is 0.818. The van der Waals surface area contributed by atoms with Crippen LogP contribution in [0.5, 0.6) is 0 Å². The minimum absolute atomic E-state index is 0.0328. The van der Waals surface area contributed by atoms with Crippen LogP contribution in [-0.4, -0.2) is 62.1 Å². The quantitative estimate of drug-likeness (QED) is 0.690. The van der Waals surface area contributed by atoms with E-state index in [4.69, 9.17) is 5.11 Å². The summed E-state index contributed by atoms with van der Waals surface area (Å²) in [7, 11) is -3.01. The van der Waals surface area contributed by atoms with Crippen LogP contribution in [0, 0.1) is 5.92 Å². The number of likely N-dealkylation sites (tertiary alicyclic amines) is 1. The molecule has 2 amide bonds. The van der Waals surface area contributed by atoms with Crippen molar-refractivity contribution in [1.82, 2.24) is 10.2 Å². The Kier molecular flexibility index (Phi) is 5.59. The zero-order valence-corrected chi connectivity index (χ0v) is 11.8. The molecule has 1 heterocycles. The molecule has 1 aliphatic heterocycles. The van der Waals surface area contributed by atoms with Crippen molar-refractivity contribution in [3.05, 3.63) is 0 Å². The van der Waals surface area contributed by atoms with Gasteiger partial charge in [0.1, 0.15) is 9.84 Å². The lowest BCUT2D eigenvalue weighted by Crippen LogP contribution is -2.47. The molecule has 0 saturated carbocycles. The van der Waals surface area contributed by atoms with E-state index in [1.54, 1.807) is 0 Å². The fourth-order valence-electron chi connectivity index (χ4n) is 2.00. The summed E-state index contributed by atoms with van der Waals surface area (Å²) in [5, 5.41) is 11.5. The van der Waals surface area contributed by atoms with Gasteiger partial charge in [0.25, 0.3) is 0 Å². The van der Waals surface area contributed by atoms with E-state index >= 15 is 0 Å². The van der Waals surface area contributed by atoms with Crippen molar-refractivity contribution >= 4 is 21.8 Å². The average molecular weight is 292 g/mol. The van der Waals surface area contributed by atoms with Crippen LogP contribution in [0.2, 0.25) is 0 Å². The van der Waals surface area contributed by atoms with Gasteiger partial charge in [-0.05, 0) is 19.3 Å². The van der Waals surface area contributed by atoms with Crippen LogP contribution in [0.4, 0.5) is 4.79 Å². The number of nitrogens with one attached hydrogen (secondary N) is 1. The Morgan fingerprint density at radius 3 is 2.68 bits per heavy atom. The maximum atomic E-state index is 11.8. The first-order chi connectivity index (χ1) is 8.79. The maximum Gasteiger partial charge on any atom is 0.317 e. The molecule has 1 fully saturated rings. The Hall–Kier alpha value is -1.31. The number of aliphatic carboxylic acids is 1. The number of nitrogens with zero attached hydrogens (tertiary/aromatic N) is 1. The third-order valence-corrected chi connectivity index (χ3v) is 4.06. The molecule has 0 radical (unpaired) electrons. The smallest absolute Gasteiger partial charge is 0.317 e. The molecule has 8 heteroatoms. The number of sulfone groups is 1. The van der Waals surface area contributed by atoms with E-state index in [-0.39, 0.29) is 24.9 Å². The molecule has 1 rings (SSSR count). The largest absolute Gasteiger partial charge is 0.481 e. The molecule has 2 N–H and O–H groups in total. The molecule has 0 bridgehead atoms. The van der Waals surface area contributed by atoms with Gasteiger partial charge in [-0.2, -0.15) is 0 Å². The molecule has 1 atom stereocenters. The van der Waals surface area contributed by atoms with Crippen LogP contribution in [0.1, 0.15) is 19.3 Å². The molecular formula is C11H20N2O5S. The van der Waals surface area contributed by atoms with Crippen LogP contribution in [-0.2, 0) is 14.6 Å². The van der Waals surface area contributed by atoms with Crippen molar-refractivity contribution in [2.45, 2.75) is 19.3 Å². The molecule has 19 heavy (non-hydrogen) atoms. The van der Waals surface area contributed by atoms with Gasteiger partial charge in [-0.15, -0.1) is 0 Å². The lowest BCUT2D eigenvalue weighted by Gasteiger charge is -2.30. The van der Waals surface area contributed by atoms with Crippen LogP contribution in [0.25, 0.3) is 0 Å². The summed E-state index contributed by atoms with van der Waals surface area (Å²) >= 11 is 0. The Morgan fingerprint density at radius 1 is 1.42 bits per heavy atom. The standard InChI is InChI=1S/C11H20N2O5S/c1-19(17,18)7-3-5-12-11(16)13-6-2-4-9(8-13)10(14)15/h9H,2-8H2,1H3,(H,12,16)(H,14,15). The maximum absolute atomic E-state index is 11.8. The number of carbonyl (C=O) groups is 2. The highest BCUT2D eigenvalue weighted by atomic mass is 32.2. The molecule has 7 nitrogen and oxygen atoms in total. The first-order valence-electron chi connectivity index (χ1n) is 6.23. The zero-order chi connectivity index (χ0) is 14.5. The van der Waals surface area contributed by atoms with Crippen molar-refractivity contribution < 1.29 is 23.1 Å². The van der Waals surface area contributed by atoms with Crippen molar-refractivity contribution in [2.24, 2.45) is 5.92 Å². The molecule has 0 aliphatic carbocycles. The van der Waals surface area contributed by atoms with Crippen molar-refractivity contribution in [3.8, 4) is 0 Å². The van der Waals surface area contributed by atoms with Gasteiger partial charge in [-0.3, -0.25) is 4.79 Å². The second kappa shape index (κ2) is 6.74. The lowest BCUT2D eigenvalue weighted by atomic mass is 9.99. The number of amides is 2. The van der Waals surface area contributed by atoms with Crippen LogP contribution >= 0.6 is 0 Å². The minimum Gasteiger partial charge on any atom is -0.481 e. The van der Waals surface area contributed by atoms with Crippen LogP contribution in [0.15, 0.2) is 0 Å². The van der Waals surface area contributed by atoms with Gasteiger partial charge in [-0.1, -0.05) is 0 Å². The molecule has 0 spiro atoms. The zero-order valence-electron chi connectivity index (χ0n) is 11.0. The summed E-state index contributed by atoms with van der Waals surface area (Å²) < 4.78 is 21.8. The third-order valence-electron chi connectivity index (χ3n) is 3.03. The first kappa shape index (κ1) is 15.7. The molecule has 0 aromatic heterocycles. The van der Waals surface area contributed by atoms with Gasteiger partial charge in [0.15, 0.2) is 0 Å². The number of urea groups is 1. The Morgan fingerprint density at radius 2 is 2.11 bits per heavy atom. The van der Waals surface area contributed by atoms with Gasteiger partial charge in [0.2, 0.25) is 0 Å². The van der Waals surface area contributed by atoms with E-state index in [1.807, 2.05) is 0 Å². The van der Waals surface area contributed by atoms with Gasteiger partial charge in [-0.25, -0.2) is 13.2 Å². The monoisotopic (exact) mass is 292 g/mol. The summed E-state index contributed by atoms with van der Waals surface area (Å²) in [4.78, 5) is 24.1. The number of piperidine rings is 1. The van der Waals surface area contributed by atoms with Gasteiger partial charge in [0, 0.05) is 25.9 Å². The molecule has 1 unspecified atom stereocenters. The summed E-state index contributed by atoms with van der Waals surface area (Å²) in [6.45, 7) is 1.04. The number of hydrogen-bond acceptors (Lipinski definition) is 4. The summed E-state index contributed by atoms with van der Waals surface area (Å²) in [6.07, 6.45) is 2.78. The van der Waals surface area contributed by atoms with E-state index in [0.717, 1.165) is 6.26 Å². The summed E-state index contributed by atoms with van der Waals surface area (Å²) in [5.41, 5.74) is 0. The number of carboxylic acid groups (broad SMARTS) is 1. The van der Waals surface area contributed by atoms with Gasteiger partial charge in [0.05, 0.1) is 11.7 Å². The van der Waals surface area contributed by atoms with Crippen LogP contribution in [0.3, 0.4) is 0 Å². The third kappa shape index (κ3) is 5.91. The Bertz CT molecular complexity index is 434. The first-order valence-corrected chi connectivity index (χ1v) is 8.29. The SMILES string of the molecule is CS(=O)(=O)CCCNC(=O)N1CCCC(C(=O)O)C1. The normalized spacial score (nSPS) is 20.1. The second-order valence-corrected chi connectivity index (χ2v) is 7.10. The van der Waals surface area contributed by atoms with Crippen molar-refractivity contribution in [1.29, 1.82) is 0 Å². The summed E-state index contributed by atoms with van der Waals surface area (Å²) in [6, 6.07) is -0.320. The lowest BCUT2D eigenvalue weighted by molar-refractivity contribution is -0.143.